The Labute approximate surface area is 178 Å². The molecule has 0 spiro atoms. The lowest BCUT2D eigenvalue weighted by Gasteiger charge is -2.03. The smallest absolute Gasteiger partial charge is 0.220 e. The van der Waals surface area contributed by atoms with Crippen molar-refractivity contribution in [3.63, 3.8) is 0 Å². The van der Waals surface area contributed by atoms with Gasteiger partial charge in [0.05, 0.1) is 6.54 Å². The summed E-state index contributed by atoms with van der Waals surface area (Å²) in [6.07, 6.45) is 0.662. The van der Waals surface area contributed by atoms with Crippen molar-refractivity contribution in [1.29, 1.82) is 0 Å². The number of benzene rings is 2. The fourth-order valence-electron chi connectivity index (χ4n) is 3.07. The number of aromatic nitrogens is 4. The number of oxazole rings is 1. The lowest BCUT2D eigenvalue weighted by Crippen LogP contribution is -2.24. The summed E-state index contributed by atoms with van der Waals surface area (Å²) in [6, 6.07) is 19.8. The Morgan fingerprint density at radius 2 is 1.77 bits per heavy atom. The molecule has 0 aliphatic carbocycles. The molecule has 0 saturated heterocycles. The largest absolute Gasteiger partial charge is 0.440 e. The molecular weight excluding hydrogens is 398 g/mol. The van der Waals surface area contributed by atoms with Gasteiger partial charge in [-0.3, -0.25) is 9.89 Å². The van der Waals surface area contributed by atoms with Gasteiger partial charge in [0.25, 0.3) is 0 Å². The first-order valence-electron chi connectivity index (χ1n) is 9.59. The molecule has 2 aromatic carbocycles. The zero-order valence-corrected chi connectivity index (χ0v) is 17.3. The zero-order chi connectivity index (χ0) is 20.9. The van der Waals surface area contributed by atoms with Gasteiger partial charge in [0.2, 0.25) is 5.91 Å². The lowest BCUT2D eigenvalue weighted by molar-refractivity contribution is -0.121. The monoisotopic (exact) mass is 419 g/mol. The molecule has 4 rings (SSSR count). The highest BCUT2D eigenvalue weighted by molar-refractivity contribution is 7.71. The number of rotatable bonds is 7. The second-order valence-corrected chi connectivity index (χ2v) is 7.18. The average Bonchev–Trinajstić information content (AvgIpc) is 3.36. The second kappa shape index (κ2) is 8.87. The van der Waals surface area contributed by atoms with Crippen molar-refractivity contribution in [1.82, 2.24) is 25.1 Å². The number of hydrogen-bond donors (Lipinski definition) is 2. The number of nitrogens with zero attached hydrogens (tertiary/aromatic N) is 3. The van der Waals surface area contributed by atoms with Crippen LogP contribution in [0.2, 0.25) is 0 Å². The molecule has 0 aliphatic heterocycles. The van der Waals surface area contributed by atoms with Crippen LogP contribution in [0.15, 0.2) is 65.1 Å². The van der Waals surface area contributed by atoms with E-state index in [0.717, 1.165) is 16.8 Å². The van der Waals surface area contributed by atoms with E-state index in [4.69, 9.17) is 16.6 Å². The van der Waals surface area contributed by atoms with Crippen LogP contribution in [0.4, 0.5) is 0 Å². The van der Waals surface area contributed by atoms with E-state index in [-0.39, 0.29) is 12.3 Å². The van der Waals surface area contributed by atoms with E-state index < -0.39 is 0 Å². The maximum Gasteiger partial charge on any atom is 0.220 e. The first-order valence-corrected chi connectivity index (χ1v) is 10.00. The van der Waals surface area contributed by atoms with Crippen molar-refractivity contribution in [2.45, 2.75) is 19.4 Å². The summed E-state index contributed by atoms with van der Waals surface area (Å²) in [5, 5.41) is 9.64. The lowest BCUT2D eigenvalue weighted by atomic mass is 10.1. The molecule has 152 valence electrons. The first-order chi connectivity index (χ1) is 14.6. The van der Waals surface area contributed by atoms with Gasteiger partial charge in [0.15, 0.2) is 22.2 Å². The standard InChI is InChI=1S/C22H21N5O2S/c1-27-17(25-26-22(27)30)14-23-18(28)12-13-19-24-20(15-8-4-2-5-9-15)21(29-19)16-10-6-3-7-11-16/h2-11H,12-14H2,1H3,(H,23,28)(H,26,30). The Balaban J connectivity index is 1.48. The third-order valence-electron chi connectivity index (χ3n) is 4.74. The molecule has 2 N–H and O–H groups in total. The number of carbonyl (C=O) groups is 1. The molecule has 2 heterocycles. The number of carbonyl (C=O) groups excluding carboxylic acids is 1. The minimum atomic E-state index is -0.107. The van der Waals surface area contributed by atoms with E-state index in [0.29, 0.717) is 35.2 Å². The first kappa shape index (κ1) is 19.8. The summed E-state index contributed by atoms with van der Waals surface area (Å²) in [5.41, 5.74) is 2.70. The molecule has 0 saturated carbocycles. The quantitative estimate of drug-likeness (QED) is 0.441. The van der Waals surface area contributed by atoms with E-state index in [1.54, 1.807) is 11.6 Å². The van der Waals surface area contributed by atoms with E-state index >= 15 is 0 Å². The van der Waals surface area contributed by atoms with Crippen molar-refractivity contribution in [3.8, 4) is 22.6 Å². The van der Waals surface area contributed by atoms with Gasteiger partial charge < -0.3 is 14.3 Å². The van der Waals surface area contributed by atoms with Crippen LogP contribution in [0.25, 0.3) is 22.6 Å². The summed E-state index contributed by atoms with van der Waals surface area (Å²) in [5.74, 6) is 1.80. The van der Waals surface area contributed by atoms with Crippen LogP contribution in [0.3, 0.4) is 0 Å². The van der Waals surface area contributed by atoms with Crippen LogP contribution in [-0.2, 0) is 24.8 Å². The molecule has 0 radical (unpaired) electrons. The van der Waals surface area contributed by atoms with E-state index in [9.17, 15) is 4.79 Å². The van der Waals surface area contributed by atoms with Gasteiger partial charge in [0.1, 0.15) is 5.69 Å². The molecule has 0 unspecified atom stereocenters. The number of hydrogen-bond acceptors (Lipinski definition) is 5. The Morgan fingerprint density at radius 1 is 1.10 bits per heavy atom. The minimum absolute atomic E-state index is 0.107. The highest BCUT2D eigenvalue weighted by Gasteiger charge is 2.17. The van der Waals surface area contributed by atoms with Gasteiger partial charge in [-0.1, -0.05) is 60.7 Å². The number of nitrogens with one attached hydrogen (secondary N) is 2. The summed E-state index contributed by atoms with van der Waals surface area (Å²) >= 11 is 5.08. The molecule has 4 aromatic rings. The highest BCUT2D eigenvalue weighted by Crippen LogP contribution is 2.32. The summed E-state index contributed by atoms with van der Waals surface area (Å²) < 4.78 is 8.30. The Kier molecular flexibility index (Phi) is 5.85. The molecule has 0 fully saturated rings. The number of H-pyrrole nitrogens is 1. The van der Waals surface area contributed by atoms with Crippen molar-refractivity contribution in [2.75, 3.05) is 0 Å². The Hall–Kier alpha value is -3.52. The number of amides is 1. The summed E-state index contributed by atoms with van der Waals surface area (Å²) in [4.78, 5) is 17.0. The molecule has 0 aliphatic rings. The molecular formula is C22H21N5O2S. The molecule has 7 nitrogen and oxygen atoms in total. The van der Waals surface area contributed by atoms with Gasteiger partial charge in [-0.25, -0.2) is 4.98 Å². The van der Waals surface area contributed by atoms with Crippen LogP contribution < -0.4 is 5.32 Å². The summed E-state index contributed by atoms with van der Waals surface area (Å²) in [7, 11) is 1.80. The van der Waals surface area contributed by atoms with Gasteiger partial charge in [-0.2, -0.15) is 5.10 Å². The zero-order valence-electron chi connectivity index (χ0n) is 16.5. The SMILES string of the molecule is Cn1c(CNC(=O)CCc2nc(-c3ccccc3)c(-c3ccccc3)o2)n[nH]c1=S. The molecule has 0 atom stereocenters. The Morgan fingerprint density at radius 3 is 2.40 bits per heavy atom. The van der Waals surface area contributed by atoms with Gasteiger partial charge in [-0.05, 0) is 12.2 Å². The highest BCUT2D eigenvalue weighted by atomic mass is 32.1. The maximum atomic E-state index is 12.3. The molecule has 2 aromatic heterocycles. The third kappa shape index (κ3) is 4.38. The van der Waals surface area contributed by atoms with Crippen molar-refractivity contribution in [2.24, 2.45) is 7.05 Å². The van der Waals surface area contributed by atoms with Gasteiger partial charge in [0, 0.05) is 31.0 Å². The van der Waals surface area contributed by atoms with Gasteiger partial charge in [-0.15, -0.1) is 0 Å². The predicted octanol–water partition coefficient (Wildman–Crippen LogP) is 4.05. The van der Waals surface area contributed by atoms with Crippen molar-refractivity contribution in [3.05, 3.63) is 77.1 Å². The third-order valence-corrected chi connectivity index (χ3v) is 5.10. The fourth-order valence-corrected chi connectivity index (χ4v) is 3.22. The molecule has 1 amide bonds. The Bertz CT molecular complexity index is 1140. The normalized spacial score (nSPS) is 10.8. The van der Waals surface area contributed by atoms with Crippen LogP contribution >= 0.6 is 12.2 Å². The fraction of sp³-hybridized carbons (Fsp3) is 0.182. The minimum Gasteiger partial charge on any atom is -0.440 e. The predicted molar refractivity (Wildman–Crippen MR) is 116 cm³/mol. The number of aryl methyl sites for hydroxylation is 1. The van der Waals surface area contributed by atoms with E-state index in [2.05, 4.69) is 20.5 Å². The topological polar surface area (TPSA) is 88.7 Å². The number of aromatic amines is 1. The van der Waals surface area contributed by atoms with E-state index in [1.807, 2.05) is 60.7 Å². The second-order valence-electron chi connectivity index (χ2n) is 6.80. The van der Waals surface area contributed by atoms with Crippen LogP contribution in [-0.4, -0.2) is 25.7 Å². The molecule has 0 bridgehead atoms. The van der Waals surface area contributed by atoms with Crippen LogP contribution in [0.1, 0.15) is 18.1 Å². The van der Waals surface area contributed by atoms with Crippen molar-refractivity contribution < 1.29 is 9.21 Å². The molecule has 30 heavy (non-hydrogen) atoms. The molecule has 8 heteroatoms. The van der Waals surface area contributed by atoms with Crippen LogP contribution in [0, 0.1) is 4.77 Å². The maximum absolute atomic E-state index is 12.3. The summed E-state index contributed by atoms with van der Waals surface area (Å²) in [6.45, 7) is 0.304. The van der Waals surface area contributed by atoms with Crippen LogP contribution in [0.5, 0.6) is 0 Å². The van der Waals surface area contributed by atoms with E-state index in [1.165, 1.54) is 0 Å². The van der Waals surface area contributed by atoms with Gasteiger partial charge >= 0.3 is 0 Å². The van der Waals surface area contributed by atoms with Crippen molar-refractivity contribution >= 4 is 18.1 Å². The average molecular weight is 420 g/mol.